The van der Waals surface area contributed by atoms with E-state index in [-0.39, 0.29) is 12.7 Å². The molecule has 0 fully saturated rings. The number of nitrogens with two attached hydrogens (primary N) is 1. The van der Waals surface area contributed by atoms with Crippen LogP contribution in [0.4, 0.5) is 5.69 Å². The van der Waals surface area contributed by atoms with E-state index in [1.54, 1.807) is 19.2 Å². The van der Waals surface area contributed by atoms with Crippen molar-refractivity contribution in [2.45, 2.75) is 6.54 Å². The van der Waals surface area contributed by atoms with Gasteiger partial charge in [-0.1, -0.05) is 6.07 Å². The molecule has 120 valence electrons. The maximum atomic E-state index is 12.3. The summed E-state index contributed by atoms with van der Waals surface area (Å²) >= 11 is 3.35. The molecule has 1 aliphatic rings. The van der Waals surface area contributed by atoms with E-state index in [9.17, 15) is 4.79 Å². The van der Waals surface area contributed by atoms with Crippen LogP contribution in [0.5, 0.6) is 17.2 Å². The molecule has 2 aromatic carbocycles. The molecule has 2 aromatic rings. The predicted octanol–water partition coefficient (Wildman–Crippen LogP) is 2.70. The zero-order valence-corrected chi connectivity index (χ0v) is 14.0. The summed E-state index contributed by atoms with van der Waals surface area (Å²) in [5.41, 5.74) is 7.56. The fourth-order valence-corrected chi connectivity index (χ4v) is 2.76. The standard InChI is InChI=1S/C16H15BrN2O4/c1-21-14-6-12(18)10(5-11(14)17)16(20)19-7-9-2-3-13-15(4-9)23-8-22-13/h2-6H,7-8,18H2,1H3,(H,19,20). The third-order valence-corrected chi connectivity index (χ3v) is 4.08. The van der Waals surface area contributed by atoms with E-state index >= 15 is 0 Å². The number of hydrogen-bond acceptors (Lipinski definition) is 5. The highest BCUT2D eigenvalue weighted by Crippen LogP contribution is 2.33. The van der Waals surface area contributed by atoms with E-state index in [0.29, 0.717) is 39.5 Å². The molecule has 7 heteroatoms. The molecule has 1 heterocycles. The lowest BCUT2D eigenvalue weighted by atomic mass is 10.1. The number of carbonyl (C=O) groups is 1. The van der Waals surface area contributed by atoms with Gasteiger partial charge in [0.2, 0.25) is 6.79 Å². The van der Waals surface area contributed by atoms with Gasteiger partial charge in [0.05, 0.1) is 17.1 Å². The number of fused-ring (bicyclic) bond motifs is 1. The number of halogens is 1. The maximum absolute atomic E-state index is 12.3. The number of carbonyl (C=O) groups excluding carboxylic acids is 1. The van der Waals surface area contributed by atoms with E-state index in [4.69, 9.17) is 19.9 Å². The number of nitrogens with one attached hydrogen (secondary N) is 1. The molecule has 1 amide bonds. The van der Waals surface area contributed by atoms with Gasteiger partial charge in [-0.2, -0.15) is 0 Å². The topological polar surface area (TPSA) is 82.8 Å². The van der Waals surface area contributed by atoms with Crippen molar-refractivity contribution >= 4 is 27.5 Å². The van der Waals surface area contributed by atoms with E-state index < -0.39 is 0 Å². The van der Waals surface area contributed by atoms with Crippen LogP contribution in [0, 0.1) is 0 Å². The Morgan fingerprint density at radius 3 is 2.87 bits per heavy atom. The van der Waals surface area contributed by atoms with Crippen molar-refractivity contribution in [3.8, 4) is 17.2 Å². The van der Waals surface area contributed by atoms with Gasteiger partial charge in [-0.15, -0.1) is 0 Å². The lowest BCUT2D eigenvalue weighted by Crippen LogP contribution is -2.23. The zero-order chi connectivity index (χ0) is 16.4. The van der Waals surface area contributed by atoms with Crippen molar-refractivity contribution in [2.75, 3.05) is 19.6 Å². The minimum absolute atomic E-state index is 0.224. The van der Waals surface area contributed by atoms with Crippen LogP contribution in [0.15, 0.2) is 34.8 Å². The number of ether oxygens (including phenoxy) is 3. The Kier molecular flexibility index (Phi) is 4.29. The minimum atomic E-state index is -0.261. The average Bonchev–Trinajstić information content (AvgIpc) is 3.02. The molecule has 6 nitrogen and oxygen atoms in total. The number of anilines is 1. The second kappa shape index (κ2) is 6.37. The molecule has 0 unspecified atom stereocenters. The van der Waals surface area contributed by atoms with Crippen LogP contribution >= 0.6 is 15.9 Å². The van der Waals surface area contributed by atoms with Gasteiger partial charge in [0.15, 0.2) is 11.5 Å². The first-order valence-corrected chi connectivity index (χ1v) is 7.67. The fraction of sp³-hybridized carbons (Fsp3) is 0.188. The Balaban J connectivity index is 1.71. The Hall–Kier alpha value is -2.41. The van der Waals surface area contributed by atoms with E-state index in [1.807, 2.05) is 18.2 Å². The first-order chi connectivity index (χ1) is 11.1. The third kappa shape index (κ3) is 3.19. The molecule has 0 atom stereocenters. The molecule has 0 radical (unpaired) electrons. The smallest absolute Gasteiger partial charge is 0.253 e. The Bertz CT molecular complexity index is 764. The van der Waals surface area contributed by atoms with Crippen molar-refractivity contribution in [2.24, 2.45) is 0 Å². The highest BCUT2D eigenvalue weighted by Gasteiger charge is 2.15. The first kappa shape index (κ1) is 15.5. The molecule has 0 spiro atoms. The number of rotatable bonds is 4. The molecule has 0 saturated carbocycles. The van der Waals surface area contributed by atoms with Crippen molar-refractivity contribution in [3.05, 3.63) is 45.9 Å². The number of hydrogen-bond donors (Lipinski definition) is 2. The van der Waals surface area contributed by atoms with Crippen LogP contribution in [0.2, 0.25) is 0 Å². The molecule has 3 N–H and O–H groups in total. The van der Waals surface area contributed by atoms with Gasteiger partial charge in [0.1, 0.15) is 5.75 Å². The first-order valence-electron chi connectivity index (χ1n) is 6.88. The summed E-state index contributed by atoms with van der Waals surface area (Å²) in [7, 11) is 1.54. The highest BCUT2D eigenvalue weighted by molar-refractivity contribution is 9.10. The molecule has 0 aliphatic carbocycles. The minimum Gasteiger partial charge on any atom is -0.495 e. The third-order valence-electron chi connectivity index (χ3n) is 3.46. The summed E-state index contributed by atoms with van der Waals surface area (Å²) in [5, 5.41) is 2.83. The van der Waals surface area contributed by atoms with Gasteiger partial charge in [-0.3, -0.25) is 4.79 Å². The summed E-state index contributed by atoms with van der Waals surface area (Å²) in [5.74, 6) is 1.71. The summed E-state index contributed by atoms with van der Waals surface area (Å²) in [6, 6.07) is 8.79. The van der Waals surface area contributed by atoms with Gasteiger partial charge in [0, 0.05) is 18.3 Å². The Morgan fingerprint density at radius 2 is 2.09 bits per heavy atom. The SMILES string of the molecule is COc1cc(N)c(C(=O)NCc2ccc3c(c2)OCO3)cc1Br. The molecule has 23 heavy (non-hydrogen) atoms. The van der Waals surface area contributed by atoms with Crippen LogP contribution in [0.1, 0.15) is 15.9 Å². The van der Waals surface area contributed by atoms with Gasteiger partial charge in [-0.05, 0) is 39.7 Å². The van der Waals surface area contributed by atoms with Gasteiger partial charge < -0.3 is 25.3 Å². The number of methoxy groups -OCH3 is 1. The second-order valence-electron chi connectivity index (χ2n) is 4.94. The summed E-state index contributed by atoms with van der Waals surface area (Å²) < 4.78 is 16.4. The normalized spacial score (nSPS) is 12.1. The predicted molar refractivity (Wildman–Crippen MR) is 88.8 cm³/mol. The monoisotopic (exact) mass is 378 g/mol. The van der Waals surface area contributed by atoms with Crippen molar-refractivity contribution in [1.82, 2.24) is 5.32 Å². The lowest BCUT2D eigenvalue weighted by molar-refractivity contribution is 0.0951. The number of nitrogen functional groups attached to an aromatic ring is 1. The average molecular weight is 379 g/mol. The van der Waals surface area contributed by atoms with Crippen LogP contribution in [0.25, 0.3) is 0 Å². The maximum Gasteiger partial charge on any atom is 0.253 e. The Morgan fingerprint density at radius 1 is 1.30 bits per heavy atom. The Labute approximate surface area is 141 Å². The molecule has 0 bridgehead atoms. The summed E-state index contributed by atoms with van der Waals surface area (Å²) in [6.45, 7) is 0.583. The van der Waals surface area contributed by atoms with Gasteiger partial charge >= 0.3 is 0 Å². The van der Waals surface area contributed by atoms with Gasteiger partial charge in [0.25, 0.3) is 5.91 Å². The summed E-state index contributed by atoms with van der Waals surface area (Å²) in [4.78, 5) is 12.3. The molecule has 0 saturated heterocycles. The number of benzene rings is 2. The quantitative estimate of drug-likeness (QED) is 0.799. The molecule has 1 aliphatic heterocycles. The zero-order valence-electron chi connectivity index (χ0n) is 12.4. The molecular formula is C16H15BrN2O4. The molecule has 0 aromatic heterocycles. The van der Waals surface area contributed by atoms with Crippen LogP contribution < -0.4 is 25.3 Å². The van der Waals surface area contributed by atoms with Crippen molar-refractivity contribution in [3.63, 3.8) is 0 Å². The fourth-order valence-electron chi connectivity index (χ4n) is 2.25. The van der Waals surface area contributed by atoms with E-state index in [2.05, 4.69) is 21.2 Å². The highest BCUT2D eigenvalue weighted by atomic mass is 79.9. The van der Waals surface area contributed by atoms with Gasteiger partial charge in [-0.25, -0.2) is 0 Å². The van der Waals surface area contributed by atoms with Crippen LogP contribution in [0.3, 0.4) is 0 Å². The lowest BCUT2D eigenvalue weighted by Gasteiger charge is -2.11. The molecule has 3 rings (SSSR count). The molecular weight excluding hydrogens is 364 g/mol. The van der Waals surface area contributed by atoms with Crippen molar-refractivity contribution in [1.29, 1.82) is 0 Å². The van der Waals surface area contributed by atoms with Crippen LogP contribution in [-0.4, -0.2) is 19.8 Å². The van der Waals surface area contributed by atoms with E-state index in [0.717, 1.165) is 5.56 Å². The van der Waals surface area contributed by atoms with Crippen molar-refractivity contribution < 1.29 is 19.0 Å². The van der Waals surface area contributed by atoms with Crippen LogP contribution in [-0.2, 0) is 6.54 Å². The number of amides is 1. The largest absolute Gasteiger partial charge is 0.495 e. The summed E-state index contributed by atoms with van der Waals surface area (Å²) in [6.07, 6.45) is 0. The van der Waals surface area contributed by atoms with E-state index in [1.165, 1.54) is 0 Å². The second-order valence-corrected chi connectivity index (χ2v) is 5.80.